The van der Waals surface area contributed by atoms with Gasteiger partial charge in [-0.1, -0.05) is 23.7 Å². The van der Waals surface area contributed by atoms with Crippen molar-refractivity contribution in [3.05, 3.63) is 58.6 Å². The molecule has 0 radical (unpaired) electrons. The van der Waals surface area contributed by atoms with Crippen LogP contribution in [0.3, 0.4) is 0 Å². The third-order valence-corrected chi connectivity index (χ3v) is 7.48. The van der Waals surface area contributed by atoms with Gasteiger partial charge in [-0.3, -0.25) is 4.90 Å². The maximum absolute atomic E-state index is 12.7. The van der Waals surface area contributed by atoms with E-state index < -0.39 is 10.0 Å². The minimum absolute atomic E-state index is 0.0424. The van der Waals surface area contributed by atoms with Crippen molar-refractivity contribution >= 4 is 27.3 Å². The summed E-state index contributed by atoms with van der Waals surface area (Å²) in [6, 6.07) is 12.9. The van der Waals surface area contributed by atoms with Crippen molar-refractivity contribution in [2.75, 3.05) is 38.1 Å². The molecular weight excluding hydrogens is 394 g/mol. The summed E-state index contributed by atoms with van der Waals surface area (Å²) < 4.78 is 28.3. The zero-order valence-electron chi connectivity index (χ0n) is 16.1. The number of nitrogens with one attached hydrogen (secondary N) is 1. The molecule has 2 aromatic carbocycles. The van der Waals surface area contributed by atoms with Crippen molar-refractivity contribution in [1.29, 1.82) is 0 Å². The van der Waals surface area contributed by atoms with E-state index in [0.29, 0.717) is 11.6 Å². The predicted molar refractivity (Wildman–Crippen MR) is 114 cm³/mol. The van der Waals surface area contributed by atoms with Crippen molar-refractivity contribution in [2.24, 2.45) is 0 Å². The summed E-state index contributed by atoms with van der Waals surface area (Å²) in [6.07, 6.45) is 3.37. The van der Waals surface area contributed by atoms with Gasteiger partial charge in [-0.15, -0.1) is 0 Å². The van der Waals surface area contributed by atoms with E-state index in [1.165, 1.54) is 16.8 Å². The number of hydrogen-bond donors (Lipinski definition) is 1. The Morgan fingerprint density at radius 1 is 1.07 bits per heavy atom. The van der Waals surface area contributed by atoms with Crippen LogP contribution < -0.4 is 9.62 Å². The molecule has 2 aliphatic heterocycles. The monoisotopic (exact) mass is 419 g/mol. The fraction of sp³-hybridized carbons (Fsp3) is 0.429. The number of anilines is 1. The van der Waals surface area contributed by atoms with Crippen LogP contribution in [0.4, 0.5) is 5.69 Å². The summed E-state index contributed by atoms with van der Waals surface area (Å²) in [5.74, 6) is 0. The lowest BCUT2D eigenvalue weighted by Gasteiger charge is -2.28. The molecule has 2 aliphatic rings. The Labute approximate surface area is 172 Å². The Morgan fingerprint density at radius 3 is 2.50 bits per heavy atom. The van der Waals surface area contributed by atoms with E-state index in [1.807, 2.05) is 0 Å². The van der Waals surface area contributed by atoms with Crippen LogP contribution in [-0.2, 0) is 16.4 Å². The van der Waals surface area contributed by atoms with Crippen LogP contribution in [-0.4, -0.2) is 46.5 Å². The molecule has 28 heavy (non-hydrogen) atoms. The molecule has 0 amide bonds. The van der Waals surface area contributed by atoms with Gasteiger partial charge in [-0.25, -0.2) is 13.1 Å². The van der Waals surface area contributed by atoms with Gasteiger partial charge >= 0.3 is 0 Å². The second-order valence-corrected chi connectivity index (χ2v) is 9.83. The van der Waals surface area contributed by atoms with Gasteiger partial charge < -0.3 is 4.90 Å². The highest BCUT2D eigenvalue weighted by Crippen LogP contribution is 2.32. The fourth-order valence-corrected chi connectivity index (χ4v) is 5.36. The maximum atomic E-state index is 12.7. The van der Waals surface area contributed by atoms with Crippen molar-refractivity contribution < 1.29 is 8.42 Å². The molecule has 0 spiro atoms. The highest BCUT2D eigenvalue weighted by molar-refractivity contribution is 7.89. The van der Waals surface area contributed by atoms with Crippen LogP contribution in [0.2, 0.25) is 5.02 Å². The maximum Gasteiger partial charge on any atom is 0.240 e. The van der Waals surface area contributed by atoms with Crippen molar-refractivity contribution in [2.45, 2.75) is 30.2 Å². The number of hydrogen-bond acceptors (Lipinski definition) is 4. The first-order chi connectivity index (χ1) is 13.4. The quantitative estimate of drug-likeness (QED) is 0.779. The molecular formula is C21H26ClN3O2S. The predicted octanol–water partition coefficient (Wildman–Crippen LogP) is 3.45. The number of benzene rings is 2. The molecule has 1 N–H and O–H groups in total. The van der Waals surface area contributed by atoms with Crippen LogP contribution in [0.15, 0.2) is 47.4 Å². The van der Waals surface area contributed by atoms with E-state index >= 15 is 0 Å². The zero-order valence-corrected chi connectivity index (χ0v) is 17.6. The molecule has 5 nitrogen and oxygen atoms in total. The molecule has 2 aromatic rings. The lowest BCUT2D eigenvalue weighted by Crippen LogP contribution is -2.36. The number of fused-ring (bicyclic) bond motifs is 1. The molecule has 150 valence electrons. The Bertz CT molecular complexity index is 941. The van der Waals surface area contributed by atoms with Crippen LogP contribution >= 0.6 is 11.6 Å². The molecule has 7 heteroatoms. The van der Waals surface area contributed by atoms with Crippen LogP contribution in [0.25, 0.3) is 0 Å². The molecule has 0 aromatic heterocycles. The first-order valence-corrected chi connectivity index (χ1v) is 11.6. The Hall–Kier alpha value is -1.60. The van der Waals surface area contributed by atoms with Gasteiger partial charge in [-0.05, 0) is 73.8 Å². The number of likely N-dealkylation sites (tertiary alicyclic amines) is 1. The molecule has 1 atom stereocenters. The van der Waals surface area contributed by atoms with Gasteiger partial charge in [-0.2, -0.15) is 0 Å². The molecule has 4 rings (SSSR count). The topological polar surface area (TPSA) is 52.7 Å². The van der Waals surface area contributed by atoms with E-state index in [9.17, 15) is 8.42 Å². The Balaban J connectivity index is 1.56. The molecule has 1 unspecified atom stereocenters. The Morgan fingerprint density at radius 2 is 1.79 bits per heavy atom. The van der Waals surface area contributed by atoms with Crippen LogP contribution in [0.1, 0.15) is 30.0 Å². The largest absolute Gasteiger partial charge is 0.374 e. The van der Waals surface area contributed by atoms with E-state index in [1.54, 1.807) is 24.3 Å². The molecule has 1 fully saturated rings. The molecule has 0 saturated carbocycles. The minimum Gasteiger partial charge on any atom is -0.374 e. The zero-order chi connectivity index (χ0) is 19.7. The average molecular weight is 420 g/mol. The van der Waals surface area contributed by atoms with Crippen molar-refractivity contribution in [3.8, 4) is 0 Å². The molecule has 0 bridgehead atoms. The van der Waals surface area contributed by atoms with Gasteiger partial charge in [0.05, 0.1) is 4.90 Å². The third-order valence-electron chi connectivity index (χ3n) is 5.79. The smallest absolute Gasteiger partial charge is 0.240 e. The fourth-order valence-electron chi connectivity index (χ4n) is 4.19. The van der Waals surface area contributed by atoms with E-state index in [-0.39, 0.29) is 10.9 Å². The number of halogens is 1. The van der Waals surface area contributed by atoms with E-state index in [0.717, 1.165) is 38.9 Å². The summed E-state index contributed by atoms with van der Waals surface area (Å²) in [5.41, 5.74) is 3.82. The third kappa shape index (κ3) is 4.06. The Kier molecular flexibility index (Phi) is 5.65. The van der Waals surface area contributed by atoms with Crippen LogP contribution in [0, 0.1) is 0 Å². The second kappa shape index (κ2) is 8.03. The lowest BCUT2D eigenvalue weighted by molar-refractivity contribution is 0.246. The van der Waals surface area contributed by atoms with Crippen molar-refractivity contribution in [3.63, 3.8) is 0 Å². The first kappa shape index (κ1) is 19.7. The number of nitrogens with zero attached hydrogens (tertiary/aromatic N) is 2. The molecule has 2 heterocycles. The van der Waals surface area contributed by atoms with Gasteiger partial charge in [0.15, 0.2) is 0 Å². The summed E-state index contributed by atoms with van der Waals surface area (Å²) in [7, 11) is -1.46. The van der Waals surface area contributed by atoms with Crippen LogP contribution in [0.5, 0.6) is 0 Å². The number of sulfonamides is 1. The highest BCUT2D eigenvalue weighted by atomic mass is 35.5. The standard InChI is InChI=1S/C21H26ClN3O2S/c1-24-13-10-17-14-16(4-9-20(17)24)21(25-11-2-3-12-25)15-23-28(26,27)19-7-5-18(22)6-8-19/h4-9,14,21,23H,2-3,10-13,15H2,1H3. The summed E-state index contributed by atoms with van der Waals surface area (Å²) in [6.45, 7) is 3.41. The number of rotatable bonds is 6. The lowest BCUT2D eigenvalue weighted by atomic mass is 10.0. The summed E-state index contributed by atoms with van der Waals surface area (Å²) >= 11 is 5.89. The highest BCUT2D eigenvalue weighted by Gasteiger charge is 2.27. The van der Waals surface area contributed by atoms with E-state index in [4.69, 9.17) is 11.6 Å². The first-order valence-electron chi connectivity index (χ1n) is 9.77. The summed E-state index contributed by atoms with van der Waals surface area (Å²) in [5, 5.41) is 0.525. The molecule has 1 saturated heterocycles. The second-order valence-electron chi connectivity index (χ2n) is 7.62. The van der Waals surface area contributed by atoms with Gasteiger partial charge in [0.1, 0.15) is 0 Å². The van der Waals surface area contributed by atoms with Gasteiger partial charge in [0, 0.05) is 36.9 Å². The van der Waals surface area contributed by atoms with Crippen molar-refractivity contribution in [1.82, 2.24) is 9.62 Å². The van der Waals surface area contributed by atoms with Gasteiger partial charge in [0.25, 0.3) is 0 Å². The number of likely N-dealkylation sites (N-methyl/N-ethyl adjacent to an activating group) is 1. The summed E-state index contributed by atoms with van der Waals surface area (Å²) in [4.78, 5) is 4.91. The molecule has 0 aliphatic carbocycles. The minimum atomic E-state index is -3.57. The average Bonchev–Trinajstić information content (AvgIpc) is 3.33. The normalized spacial score (nSPS) is 18.4. The van der Waals surface area contributed by atoms with Gasteiger partial charge in [0.2, 0.25) is 10.0 Å². The van der Waals surface area contributed by atoms with E-state index in [2.05, 4.69) is 39.8 Å². The SMILES string of the molecule is CN1CCc2cc(C(CNS(=O)(=O)c3ccc(Cl)cc3)N3CCCC3)ccc21.